The molecule has 0 aliphatic carbocycles. The van der Waals surface area contributed by atoms with Crippen molar-refractivity contribution in [2.45, 2.75) is 38.8 Å². The number of rotatable bonds is 4. The summed E-state index contributed by atoms with van der Waals surface area (Å²) in [6.45, 7) is 4.45. The third kappa shape index (κ3) is 2.88. The second-order valence-corrected chi connectivity index (χ2v) is 6.22. The molecule has 0 spiro atoms. The summed E-state index contributed by atoms with van der Waals surface area (Å²) in [6.07, 6.45) is 1.83. The van der Waals surface area contributed by atoms with Crippen LogP contribution in [0.15, 0.2) is 35.6 Å². The predicted octanol–water partition coefficient (Wildman–Crippen LogP) is 2.46. The molecular formula is C18H21NO4. The van der Waals surface area contributed by atoms with Gasteiger partial charge < -0.3 is 14.7 Å². The van der Waals surface area contributed by atoms with Crippen LogP contribution in [0, 0.1) is 6.92 Å². The van der Waals surface area contributed by atoms with Crippen LogP contribution < -0.4 is 0 Å². The molecule has 122 valence electrons. The highest BCUT2D eigenvalue weighted by molar-refractivity contribution is 6.08. The Morgan fingerprint density at radius 3 is 2.61 bits per heavy atom. The van der Waals surface area contributed by atoms with Crippen molar-refractivity contribution in [2.24, 2.45) is 0 Å². The van der Waals surface area contributed by atoms with E-state index in [2.05, 4.69) is 0 Å². The number of carbonyl (C=O) groups excluding carboxylic acids is 2. The highest BCUT2D eigenvalue weighted by Crippen LogP contribution is 2.38. The predicted molar refractivity (Wildman–Crippen MR) is 84.9 cm³/mol. The number of aliphatic hydroxyl groups is 1. The lowest BCUT2D eigenvalue weighted by Crippen LogP contribution is -2.37. The van der Waals surface area contributed by atoms with Gasteiger partial charge >= 0.3 is 0 Å². The molecule has 5 nitrogen and oxygen atoms in total. The van der Waals surface area contributed by atoms with Crippen LogP contribution in [-0.4, -0.2) is 41.0 Å². The molecule has 3 rings (SSSR count). The van der Waals surface area contributed by atoms with Gasteiger partial charge in [-0.3, -0.25) is 9.59 Å². The van der Waals surface area contributed by atoms with E-state index in [1.807, 2.05) is 31.2 Å². The van der Waals surface area contributed by atoms with Crippen LogP contribution in [0.1, 0.15) is 36.9 Å². The molecule has 1 saturated heterocycles. The lowest BCUT2D eigenvalue weighted by molar-refractivity contribution is -0.131. The lowest BCUT2D eigenvalue weighted by Gasteiger charge is -2.28. The molecular weight excluding hydrogens is 294 g/mol. The van der Waals surface area contributed by atoms with Gasteiger partial charge in [0.05, 0.1) is 17.7 Å². The van der Waals surface area contributed by atoms with Gasteiger partial charge in [-0.1, -0.05) is 29.8 Å². The van der Waals surface area contributed by atoms with E-state index in [4.69, 9.17) is 4.74 Å². The first kappa shape index (κ1) is 15.7. The zero-order valence-electron chi connectivity index (χ0n) is 13.4. The summed E-state index contributed by atoms with van der Waals surface area (Å²) < 4.78 is 5.62. The number of carbonyl (C=O) groups is 2. The van der Waals surface area contributed by atoms with Gasteiger partial charge in [-0.2, -0.15) is 0 Å². The van der Waals surface area contributed by atoms with Crippen LogP contribution in [0.25, 0.3) is 0 Å². The number of ketones is 1. The average Bonchev–Trinajstić information content (AvgIpc) is 3.10. The molecule has 0 aromatic heterocycles. The van der Waals surface area contributed by atoms with Crippen molar-refractivity contribution in [3.8, 4) is 0 Å². The lowest BCUT2D eigenvalue weighted by atomic mass is 9.96. The van der Waals surface area contributed by atoms with Gasteiger partial charge in [-0.25, -0.2) is 0 Å². The summed E-state index contributed by atoms with van der Waals surface area (Å²) in [5.41, 5.74) is 2.11. The van der Waals surface area contributed by atoms with E-state index in [1.54, 1.807) is 4.90 Å². The molecule has 0 saturated carbocycles. The summed E-state index contributed by atoms with van der Waals surface area (Å²) in [4.78, 5) is 26.0. The number of ether oxygens (including phenoxy) is 1. The molecule has 23 heavy (non-hydrogen) atoms. The normalized spacial score (nSPS) is 24.6. The van der Waals surface area contributed by atoms with Crippen molar-refractivity contribution in [1.82, 2.24) is 4.90 Å². The van der Waals surface area contributed by atoms with Crippen LogP contribution >= 0.6 is 0 Å². The van der Waals surface area contributed by atoms with E-state index in [-0.39, 0.29) is 17.5 Å². The minimum absolute atomic E-state index is 0.0361. The number of hydrogen-bond donors (Lipinski definition) is 1. The number of amides is 1. The van der Waals surface area contributed by atoms with E-state index >= 15 is 0 Å². The number of aliphatic hydroxyl groups excluding tert-OH is 1. The number of Topliss-reactive ketones (excluding diaryl/α,β-unsaturated/α-hetero) is 1. The first-order chi connectivity index (χ1) is 11.0. The number of benzene rings is 1. The fourth-order valence-corrected chi connectivity index (χ4v) is 3.30. The van der Waals surface area contributed by atoms with E-state index in [1.165, 1.54) is 6.92 Å². The molecule has 1 N–H and O–H groups in total. The van der Waals surface area contributed by atoms with Crippen molar-refractivity contribution >= 4 is 11.7 Å². The topological polar surface area (TPSA) is 66.8 Å². The quantitative estimate of drug-likeness (QED) is 0.927. The van der Waals surface area contributed by atoms with Gasteiger partial charge in [-0.15, -0.1) is 0 Å². The van der Waals surface area contributed by atoms with Gasteiger partial charge in [0.2, 0.25) is 0 Å². The Bertz CT molecular complexity index is 656. The first-order valence-electron chi connectivity index (χ1n) is 7.92. The van der Waals surface area contributed by atoms with Gasteiger partial charge in [0.25, 0.3) is 5.91 Å². The SMILES string of the molecule is CC(=O)C1=C(O)C(=O)N(CC2CCCO2)C1c1ccc(C)cc1. The molecule has 5 heteroatoms. The fourth-order valence-electron chi connectivity index (χ4n) is 3.30. The van der Waals surface area contributed by atoms with Gasteiger partial charge in [0.15, 0.2) is 11.5 Å². The minimum atomic E-state index is -0.537. The second kappa shape index (κ2) is 6.16. The van der Waals surface area contributed by atoms with Gasteiger partial charge in [-0.05, 0) is 32.3 Å². The number of hydrogen-bond acceptors (Lipinski definition) is 4. The van der Waals surface area contributed by atoms with Crippen LogP contribution in [0.4, 0.5) is 0 Å². The third-order valence-corrected chi connectivity index (χ3v) is 4.50. The summed E-state index contributed by atoms with van der Waals surface area (Å²) >= 11 is 0. The molecule has 2 aliphatic heterocycles. The average molecular weight is 315 g/mol. The highest BCUT2D eigenvalue weighted by atomic mass is 16.5. The number of nitrogens with zero attached hydrogens (tertiary/aromatic N) is 1. The molecule has 0 bridgehead atoms. The Morgan fingerprint density at radius 2 is 2.04 bits per heavy atom. The minimum Gasteiger partial charge on any atom is -0.503 e. The maximum atomic E-state index is 12.5. The summed E-state index contributed by atoms with van der Waals surface area (Å²) in [5, 5.41) is 10.2. The van der Waals surface area contributed by atoms with Crippen LogP contribution in [0.2, 0.25) is 0 Å². The zero-order valence-corrected chi connectivity index (χ0v) is 13.4. The number of aryl methyl sites for hydroxylation is 1. The molecule has 1 aromatic carbocycles. The Labute approximate surface area is 135 Å². The molecule has 0 radical (unpaired) electrons. The van der Waals surface area contributed by atoms with Crippen LogP contribution in [0.5, 0.6) is 0 Å². The summed E-state index contributed by atoms with van der Waals surface area (Å²) in [7, 11) is 0. The van der Waals surface area contributed by atoms with E-state index in [0.717, 1.165) is 24.0 Å². The maximum absolute atomic E-state index is 12.5. The van der Waals surface area contributed by atoms with Crippen molar-refractivity contribution < 1.29 is 19.4 Å². The largest absolute Gasteiger partial charge is 0.503 e. The first-order valence-corrected chi connectivity index (χ1v) is 7.92. The Balaban J connectivity index is 1.98. The molecule has 2 atom stereocenters. The highest BCUT2D eigenvalue weighted by Gasteiger charge is 2.43. The molecule has 2 aliphatic rings. The van der Waals surface area contributed by atoms with E-state index in [0.29, 0.717) is 13.2 Å². The maximum Gasteiger partial charge on any atom is 0.290 e. The van der Waals surface area contributed by atoms with Crippen LogP contribution in [0.3, 0.4) is 0 Å². The Morgan fingerprint density at radius 1 is 1.35 bits per heavy atom. The van der Waals surface area contributed by atoms with Gasteiger partial charge in [0, 0.05) is 13.2 Å². The Hall–Kier alpha value is -2.14. The van der Waals surface area contributed by atoms with Gasteiger partial charge in [0.1, 0.15) is 0 Å². The van der Waals surface area contributed by atoms with Crippen molar-refractivity contribution in [3.05, 3.63) is 46.7 Å². The standard InChI is InChI=1S/C18H21NO4/c1-11-5-7-13(8-6-11)16-15(12(2)20)17(21)18(22)19(16)10-14-4-3-9-23-14/h5-8,14,16,21H,3-4,9-10H2,1-2H3. The fraction of sp³-hybridized carbons (Fsp3) is 0.444. The summed E-state index contributed by atoms with van der Waals surface area (Å²) in [6, 6.07) is 7.15. The van der Waals surface area contributed by atoms with Crippen LogP contribution in [-0.2, 0) is 14.3 Å². The molecule has 2 unspecified atom stereocenters. The van der Waals surface area contributed by atoms with Crippen molar-refractivity contribution in [2.75, 3.05) is 13.2 Å². The summed E-state index contributed by atoms with van der Waals surface area (Å²) in [5.74, 6) is -1.20. The molecule has 1 fully saturated rings. The third-order valence-electron chi connectivity index (χ3n) is 4.50. The zero-order chi connectivity index (χ0) is 16.6. The Kier molecular flexibility index (Phi) is 4.22. The van der Waals surface area contributed by atoms with E-state index in [9.17, 15) is 14.7 Å². The van der Waals surface area contributed by atoms with Crippen molar-refractivity contribution in [3.63, 3.8) is 0 Å². The van der Waals surface area contributed by atoms with Crippen molar-refractivity contribution in [1.29, 1.82) is 0 Å². The molecule has 1 aromatic rings. The molecule has 1 amide bonds. The monoisotopic (exact) mass is 315 g/mol. The molecule has 2 heterocycles. The van der Waals surface area contributed by atoms with E-state index < -0.39 is 17.7 Å². The second-order valence-electron chi connectivity index (χ2n) is 6.22. The smallest absolute Gasteiger partial charge is 0.290 e.